The molecule has 0 aliphatic carbocycles. The van der Waals surface area contributed by atoms with Crippen LogP contribution in [0.3, 0.4) is 0 Å². The van der Waals surface area contributed by atoms with E-state index in [1.807, 2.05) is 31.2 Å². The Morgan fingerprint density at radius 3 is 2.38 bits per heavy atom. The quantitative estimate of drug-likeness (QED) is 0.777. The van der Waals surface area contributed by atoms with Gasteiger partial charge in [0.1, 0.15) is 5.75 Å². The Morgan fingerprint density at radius 2 is 1.88 bits per heavy atom. The zero-order chi connectivity index (χ0) is 12.0. The van der Waals surface area contributed by atoms with Crippen LogP contribution in [0.15, 0.2) is 24.3 Å². The van der Waals surface area contributed by atoms with Gasteiger partial charge in [-0.05, 0) is 44.4 Å². The minimum Gasteiger partial charge on any atom is -0.494 e. The van der Waals surface area contributed by atoms with Crippen molar-refractivity contribution in [1.82, 2.24) is 0 Å². The zero-order valence-electron chi connectivity index (χ0n) is 9.94. The molecule has 0 amide bonds. The molecular formula is C13H20O3. The molecule has 1 aromatic rings. The van der Waals surface area contributed by atoms with Crippen molar-refractivity contribution in [2.75, 3.05) is 13.2 Å². The number of rotatable bonds is 6. The minimum absolute atomic E-state index is 0.104. The highest BCUT2D eigenvalue weighted by atomic mass is 16.5. The minimum atomic E-state index is -0.881. The summed E-state index contributed by atoms with van der Waals surface area (Å²) in [5.41, 5.74) is -0.0302. The molecule has 0 aliphatic rings. The topological polar surface area (TPSA) is 49.7 Å². The van der Waals surface area contributed by atoms with E-state index in [0.29, 0.717) is 19.4 Å². The maximum Gasteiger partial charge on any atom is 0.119 e. The first-order valence-electron chi connectivity index (χ1n) is 5.66. The van der Waals surface area contributed by atoms with Crippen molar-refractivity contribution >= 4 is 0 Å². The van der Waals surface area contributed by atoms with Crippen molar-refractivity contribution in [3.8, 4) is 5.75 Å². The standard InChI is InChI=1S/C13H20O3/c1-3-16-12-7-5-11(6-8-12)13(2,15)9-4-10-14/h5-8,14-15H,3-4,9-10H2,1-2H3. The highest BCUT2D eigenvalue weighted by Gasteiger charge is 2.22. The van der Waals surface area contributed by atoms with Gasteiger partial charge in [-0.25, -0.2) is 0 Å². The van der Waals surface area contributed by atoms with Crippen LogP contribution < -0.4 is 4.74 Å². The Bertz CT molecular complexity index is 303. The van der Waals surface area contributed by atoms with Gasteiger partial charge in [0, 0.05) is 6.61 Å². The molecule has 0 aliphatic heterocycles. The first-order chi connectivity index (χ1) is 7.60. The van der Waals surface area contributed by atoms with Crippen molar-refractivity contribution < 1.29 is 14.9 Å². The average Bonchev–Trinajstić information content (AvgIpc) is 2.28. The molecule has 0 radical (unpaired) electrons. The summed E-state index contributed by atoms with van der Waals surface area (Å²) in [6.45, 7) is 4.44. The molecule has 0 heterocycles. The fourth-order valence-corrected chi connectivity index (χ4v) is 1.64. The Kier molecular flexibility index (Phi) is 4.77. The van der Waals surface area contributed by atoms with Gasteiger partial charge < -0.3 is 14.9 Å². The van der Waals surface area contributed by atoms with Crippen LogP contribution in [0.2, 0.25) is 0 Å². The van der Waals surface area contributed by atoms with E-state index in [1.54, 1.807) is 6.92 Å². The normalized spacial score (nSPS) is 14.5. The third-order valence-corrected chi connectivity index (χ3v) is 2.61. The van der Waals surface area contributed by atoms with Gasteiger partial charge in [-0.1, -0.05) is 12.1 Å². The van der Waals surface area contributed by atoms with Gasteiger partial charge >= 0.3 is 0 Å². The van der Waals surface area contributed by atoms with E-state index in [1.165, 1.54) is 0 Å². The van der Waals surface area contributed by atoms with E-state index >= 15 is 0 Å². The summed E-state index contributed by atoms with van der Waals surface area (Å²) in [5.74, 6) is 0.809. The van der Waals surface area contributed by atoms with E-state index in [9.17, 15) is 5.11 Å². The summed E-state index contributed by atoms with van der Waals surface area (Å²) in [5, 5.41) is 18.9. The summed E-state index contributed by atoms with van der Waals surface area (Å²) in [7, 11) is 0. The molecule has 1 aromatic carbocycles. The molecule has 16 heavy (non-hydrogen) atoms. The van der Waals surface area contributed by atoms with Crippen LogP contribution in [-0.4, -0.2) is 23.4 Å². The van der Waals surface area contributed by atoms with E-state index in [2.05, 4.69) is 0 Å². The second kappa shape index (κ2) is 5.87. The number of benzene rings is 1. The summed E-state index contributed by atoms with van der Waals surface area (Å²) < 4.78 is 5.33. The second-order valence-corrected chi connectivity index (χ2v) is 4.06. The lowest BCUT2D eigenvalue weighted by Crippen LogP contribution is -2.21. The molecule has 1 rings (SSSR count). The molecule has 0 aromatic heterocycles. The number of ether oxygens (including phenoxy) is 1. The average molecular weight is 224 g/mol. The van der Waals surface area contributed by atoms with Gasteiger partial charge in [0.15, 0.2) is 0 Å². The molecule has 0 fully saturated rings. The summed E-state index contributed by atoms with van der Waals surface area (Å²) in [4.78, 5) is 0. The van der Waals surface area contributed by atoms with Crippen LogP contribution in [-0.2, 0) is 5.60 Å². The lowest BCUT2D eigenvalue weighted by atomic mass is 9.91. The van der Waals surface area contributed by atoms with Gasteiger partial charge in [0.2, 0.25) is 0 Å². The third-order valence-electron chi connectivity index (χ3n) is 2.61. The van der Waals surface area contributed by atoms with Crippen molar-refractivity contribution in [1.29, 1.82) is 0 Å². The smallest absolute Gasteiger partial charge is 0.119 e. The zero-order valence-corrected chi connectivity index (χ0v) is 9.94. The molecule has 3 heteroatoms. The molecule has 90 valence electrons. The SMILES string of the molecule is CCOc1ccc(C(C)(O)CCCO)cc1. The molecule has 0 saturated heterocycles. The van der Waals surface area contributed by atoms with Crippen molar-refractivity contribution in [3.05, 3.63) is 29.8 Å². The lowest BCUT2D eigenvalue weighted by Gasteiger charge is -2.23. The molecular weight excluding hydrogens is 204 g/mol. The maximum absolute atomic E-state index is 10.2. The Balaban J connectivity index is 2.71. The number of hydrogen-bond donors (Lipinski definition) is 2. The van der Waals surface area contributed by atoms with Crippen LogP contribution in [0, 0.1) is 0 Å². The molecule has 2 N–H and O–H groups in total. The van der Waals surface area contributed by atoms with Crippen LogP contribution in [0.25, 0.3) is 0 Å². The van der Waals surface area contributed by atoms with Gasteiger partial charge in [-0.2, -0.15) is 0 Å². The fraction of sp³-hybridized carbons (Fsp3) is 0.538. The van der Waals surface area contributed by atoms with E-state index in [0.717, 1.165) is 11.3 Å². The Labute approximate surface area is 96.7 Å². The largest absolute Gasteiger partial charge is 0.494 e. The predicted octanol–water partition coefficient (Wildman–Crippen LogP) is 2.07. The molecule has 0 spiro atoms. The number of hydrogen-bond acceptors (Lipinski definition) is 3. The summed E-state index contributed by atoms with van der Waals surface area (Å²) in [6.07, 6.45) is 1.15. The second-order valence-electron chi connectivity index (χ2n) is 4.06. The van der Waals surface area contributed by atoms with Crippen molar-refractivity contribution in [2.24, 2.45) is 0 Å². The fourth-order valence-electron chi connectivity index (χ4n) is 1.64. The van der Waals surface area contributed by atoms with Gasteiger partial charge in [-0.15, -0.1) is 0 Å². The monoisotopic (exact) mass is 224 g/mol. The summed E-state index contributed by atoms with van der Waals surface area (Å²) >= 11 is 0. The Morgan fingerprint density at radius 1 is 1.25 bits per heavy atom. The molecule has 0 saturated carbocycles. The molecule has 1 unspecified atom stereocenters. The number of aliphatic hydroxyl groups excluding tert-OH is 1. The van der Waals surface area contributed by atoms with Gasteiger partial charge in [0.25, 0.3) is 0 Å². The summed E-state index contributed by atoms with van der Waals surface area (Å²) in [6, 6.07) is 7.43. The van der Waals surface area contributed by atoms with Crippen LogP contribution in [0.1, 0.15) is 32.3 Å². The molecule has 3 nitrogen and oxygen atoms in total. The van der Waals surface area contributed by atoms with Gasteiger partial charge in [0.05, 0.1) is 12.2 Å². The van der Waals surface area contributed by atoms with E-state index in [-0.39, 0.29) is 6.61 Å². The first kappa shape index (κ1) is 13.0. The number of aliphatic hydroxyl groups is 2. The van der Waals surface area contributed by atoms with Crippen LogP contribution >= 0.6 is 0 Å². The molecule has 0 bridgehead atoms. The van der Waals surface area contributed by atoms with Crippen LogP contribution in [0.5, 0.6) is 5.75 Å². The predicted molar refractivity (Wildman–Crippen MR) is 63.5 cm³/mol. The van der Waals surface area contributed by atoms with Crippen LogP contribution in [0.4, 0.5) is 0 Å². The van der Waals surface area contributed by atoms with Gasteiger partial charge in [-0.3, -0.25) is 0 Å². The lowest BCUT2D eigenvalue weighted by molar-refractivity contribution is 0.0403. The highest BCUT2D eigenvalue weighted by molar-refractivity contribution is 5.30. The van der Waals surface area contributed by atoms with Crippen molar-refractivity contribution in [3.63, 3.8) is 0 Å². The van der Waals surface area contributed by atoms with E-state index in [4.69, 9.17) is 9.84 Å². The van der Waals surface area contributed by atoms with E-state index < -0.39 is 5.60 Å². The Hall–Kier alpha value is -1.06. The molecule has 1 atom stereocenters. The first-order valence-corrected chi connectivity index (χ1v) is 5.66. The van der Waals surface area contributed by atoms with Crippen molar-refractivity contribution in [2.45, 2.75) is 32.3 Å². The highest BCUT2D eigenvalue weighted by Crippen LogP contribution is 2.27. The maximum atomic E-state index is 10.2. The third kappa shape index (κ3) is 3.51.